The molecule has 6 aliphatic rings. The zero-order valence-corrected chi connectivity index (χ0v) is 57.1. The highest BCUT2D eigenvalue weighted by atomic mass is 15.3. The van der Waals surface area contributed by atoms with Gasteiger partial charge in [-0.1, -0.05) is 212 Å². The lowest BCUT2D eigenvalue weighted by atomic mass is 9.33. The minimum Gasteiger partial charge on any atom is -0.334 e. The van der Waals surface area contributed by atoms with Gasteiger partial charge in [-0.15, -0.1) is 0 Å². The summed E-state index contributed by atoms with van der Waals surface area (Å²) in [5, 5.41) is 0. The fraction of sp³-hybridized carbons (Fsp3) is 0.488. The molecule has 448 valence electrons. The summed E-state index contributed by atoms with van der Waals surface area (Å²) >= 11 is 0. The summed E-state index contributed by atoms with van der Waals surface area (Å²) in [5.74, 6) is 0.618. The van der Waals surface area contributed by atoms with Gasteiger partial charge in [-0.2, -0.15) is 0 Å². The van der Waals surface area contributed by atoms with Crippen molar-refractivity contribution in [1.82, 2.24) is 0 Å². The van der Waals surface area contributed by atoms with E-state index in [2.05, 4.69) is 294 Å². The number of hydrogen-bond donors (Lipinski definition) is 0. The van der Waals surface area contributed by atoms with Gasteiger partial charge in [0.15, 0.2) is 0 Å². The third-order valence-corrected chi connectivity index (χ3v) is 23.7. The lowest BCUT2D eigenvalue weighted by Crippen LogP contribution is -2.62. The largest absolute Gasteiger partial charge is 0.334 e. The van der Waals surface area contributed by atoms with Crippen LogP contribution in [0, 0.1) is 11.3 Å². The summed E-state index contributed by atoms with van der Waals surface area (Å²) in [6, 6.07) is 52.6. The third-order valence-electron chi connectivity index (χ3n) is 23.7. The van der Waals surface area contributed by atoms with Crippen LogP contribution in [-0.4, -0.2) is 12.3 Å². The second-order valence-corrected chi connectivity index (χ2v) is 35.3. The van der Waals surface area contributed by atoms with Crippen molar-refractivity contribution in [2.75, 3.05) is 14.7 Å². The molecule has 0 N–H and O–H groups in total. The van der Waals surface area contributed by atoms with Gasteiger partial charge >= 0.3 is 0 Å². The molecule has 0 spiro atoms. The molecular formula is C82H102BN3. The van der Waals surface area contributed by atoms with E-state index in [4.69, 9.17) is 0 Å². The normalized spacial score (nSPS) is 23.2. The van der Waals surface area contributed by atoms with Crippen LogP contribution >= 0.6 is 0 Å². The minimum atomic E-state index is -0.168. The second-order valence-electron chi connectivity index (χ2n) is 35.3. The second kappa shape index (κ2) is 18.8. The monoisotopic (exact) mass is 1140 g/mol. The Bertz CT molecular complexity index is 3920. The van der Waals surface area contributed by atoms with Crippen molar-refractivity contribution in [1.29, 1.82) is 0 Å². The van der Waals surface area contributed by atoms with Crippen molar-refractivity contribution >= 4 is 68.6 Å². The number of anilines is 8. The molecule has 1 saturated carbocycles. The van der Waals surface area contributed by atoms with Crippen LogP contribution in [0.1, 0.15) is 242 Å². The summed E-state index contributed by atoms with van der Waals surface area (Å²) in [4.78, 5) is 8.38. The maximum Gasteiger partial charge on any atom is 0.252 e. The summed E-state index contributed by atoms with van der Waals surface area (Å²) in [6.07, 6.45) is 8.19. The van der Waals surface area contributed by atoms with Gasteiger partial charge in [-0.3, -0.25) is 0 Å². The van der Waals surface area contributed by atoms with Crippen LogP contribution in [0.25, 0.3) is 11.1 Å². The van der Waals surface area contributed by atoms with Crippen LogP contribution < -0.4 is 31.1 Å². The van der Waals surface area contributed by atoms with Crippen molar-refractivity contribution in [3.63, 3.8) is 0 Å². The molecule has 3 unspecified atom stereocenters. The minimum absolute atomic E-state index is 0.0161. The first-order valence-corrected chi connectivity index (χ1v) is 33.3. The van der Waals surface area contributed by atoms with E-state index in [1.807, 2.05) is 0 Å². The Morgan fingerprint density at radius 3 is 1.51 bits per heavy atom. The van der Waals surface area contributed by atoms with E-state index >= 15 is 0 Å². The van der Waals surface area contributed by atoms with Crippen LogP contribution in [-0.2, 0) is 43.3 Å². The van der Waals surface area contributed by atoms with Crippen molar-refractivity contribution < 1.29 is 0 Å². The molecule has 3 heterocycles. The average Bonchev–Trinajstić information content (AvgIpc) is 1.10. The van der Waals surface area contributed by atoms with Crippen molar-refractivity contribution in [3.8, 4) is 11.1 Å². The van der Waals surface area contributed by atoms with E-state index in [0.29, 0.717) is 5.92 Å². The smallest absolute Gasteiger partial charge is 0.252 e. The third kappa shape index (κ3) is 8.90. The van der Waals surface area contributed by atoms with Gasteiger partial charge in [0.1, 0.15) is 0 Å². The Morgan fingerprint density at radius 2 is 0.919 bits per heavy atom. The van der Waals surface area contributed by atoms with Crippen LogP contribution in [0.2, 0.25) is 0 Å². The predicted molar refractivity (Wildman–Crippen MR) is 374 cm³/mol. The van der Waals surface area contributed by atoms with Gasteiger partial charge in [-0.05, 0) is 228 Å². The molecule has 0 bridgehead atoms. The van der Waals surface area contributed by atoms with E-state index < -0.39 is 0 Å². The topological polar surface area (TPSA) is 9.72 Å². The summed E-state index contributed by atoms with van der Waals surface area (Å²) < 4.78 is 0. The Morgan fingerprint density at radius 1 is 0.395 bits per heavy atom. The molecular weight excluding hydrogens is 1040 g/mol. The first kappa shape index (κ1) is 59.0. The molecule has 0 saturated heterocycles. The Balaban J connectivity index is 1.16. The number of rotatable bonds is 4. The molecule has 4 heteroatoms. The van der Waals surface area contributed by atoms with E-state index in [-0.39, 0.29) is 61.0 Å². The number of fused-ring (bicyclic) bond motifs is 9. The van der Waals surface area contributed by atoms with E-state index in [0.717, 1.165) is 19.3 Å². The van der Waals surface area contributed by atoms with Gasteiger partial charge in [0, 0.05) is 50.8 Å². The first-order chi connectivity index (χ1) is 39.9. The van der Waals surface area contributed by atoms with E-state index in [9.17, 15) is 0 Å². The molecule has 7 aromatic rings. The van der Waals surface area contributed by atoms with Crippen LogP contribution in [0.4, 0.5) is 45.5 Å². The SMILES string of the molecule is CC(C)(C)c1ccc(N2c3cc(N4c5ccc(C(C)(C)C)cc5C5(C)CC(C(C)(C)C)CCC45C)ccc3B3c4cc5c(cc4N(c4ccc6c(c4)C(C)(C)CCC6(C)C)c4cc(C(C)(C)C)cc2c43)C(C)(C)CCC5(C)C)c(-c2ccccc2)c1. The van der Waals surface area contributed by atoms with Gasteiger partial charge in [0.05, 0.1) is 11.2 Å². The highest BCUT2D eigenvalue weighted by Crippen LogP contribution is 2.65. The molecule has 3 aliphatic heterocycles. The molecule has 0 amide bonds. The zero-order chi connectivity index (χ0) is 61.8. The molecule has 3 nitrogen and oxygen atoms in total. The first-order valence-electron chi connectivity index (χ1n) is 33.3. The fourth-order valence-corrected chi connectivity index (χ4v) is 17.3. The summed E-state index contributed by atoms with van der Waals surface area (Å²) in [5.41, 5.74) is 28.7. The molecule has 0 radical (unpaired) electrons. The average molecular weight is 1140 g/mol. The van der Waals surface area contributed by atoms with Gasteiger partial charge < -0.3 is 14.7 Å². The lowest BCUT2D eigenvalue weighted by Gasteiger charge is -2.54. The molecule has 1 fully saturated rings. The number of hydrogen-bond acceptors (Lipinski definition) is 3. The highest BCUT2D eigenvalue weighted by molar-refractivity contribution is 7.00. The predicted octanol–water partition coefficient (Wildman–Crippen LogP) is 21.0. The Kier molecular flexibility index (Phi) is 12.9. The fourth-order valence-electron chi connectivity index (χ4n) is 17.3. The quantitative estimate of drug-likeness (QED) is 0.163. The maximum atomic E-state index is 2.86. The summed E-state index contributed by atoms with van der Waals surface area (Å²) in [7, 11) is 0. The van der Waals surface area contributed by atoms with Crippen molar-refractivity contribution in [2.24, 2.45) is 11.3 Å². The van der Waals surface area contributed by atoms with E-state index in [1.54, 1.807) is 0 Å². The molecule has 7 aromatic carbocycles. The number of benzene rings is 7. The van der Waals surface area contributed by atoms with Crippen LogP contribution in [0.15, 0.2) is 127 Å². The van der Waals surface area contributed by atoms with Gasteiger partial charge in [0.25, 0.3) is 6.71 Å². The van der Waals surface area contributed by atoms with Crippen LogP contribution in [0.5, 0.6) is 0 Å². The molecule has 86 heavy (non-hydrogen) atoms. The lowest BCUT2D eigenvalue weighted by molar-refractivity contribution is 0.0786. The molecule has 0 aromatic heterocycles. The summed E-state index contributed by atoms with van der Waals surface area (Å²) in [6.45, 7) is 54.3. The maximum absolute atomic E-state index is 2.86. The van der Waals surface area contributed by atoms with Crippen LogP contribution in [0.3, 0.4) is 0 Å². The van der Waals surface area contributed by atoms with Crippen molar-refractivity contribution in [2.45, 2.75) is 246 Å². The van der Waals surface area contributed by atoms with Gasteiger partial charge in [-0.25, -0.2) is 0 Å². The highest BCUT2D eigenvalue weighted by Gasteiger charge is 2.61. The standard InChI is InChI=1S/C82H102BN3/c1-73(2,3)52-28-34-66(58(42-52)51-26-24-23-25-27-51)85-68-47-57(86-67-35-29-53(74(4,5)6)43-63(67)81(21)50-54(75(7,8)9)36-37-82(81,86)22)31-33-64(68)83-65-48-61-62(80(19,20)41-40-79(61,17)18)49-69(65)84(70-44-55(76(10,11)12)45-71(85)72(70)83)56-30-32-59-60(46-56)78(15,16)39-38-77(59,13)14/h23-35,42-49,54H,36-41,50H2,1-22H3. The number of nitrogens with zero attached hydrogens (tertiary/aromatic N) is 3. The molecule has 3 aliphatic carbocycles. The van der Waals surface area contributed by atoms with Gasteiger partial charge in [0.2, 0.25) is 0 Å². The molecule has 13 rings (SSSR count). The zero-order valence-electron chi connectivity index (χ0n) is 57.1. The molecule has 3 atom stereocenters. The Labute approximate surface area is 520 Å². The van der Waals surface area contributed by atoms with Crippen molar-refractivity contribution in [3.05, 3.63) is 172 Å². The Hall–Kier alpha value is -6.00. The van der Waals surface area contributed by atoms with E-state index in [1.165, 1.54) is 143 Å².